The fraction of sp³-hybridized carbons (Fsp3) is 0.241. The third kappa shape index (κ3) is 6.49. The second kappa shape index (κ2) is 12.3. The van der Waals surface area contributed by atoms with Crippen LogP contribution in [0.4, 0.5) is 0 Å². The number of fused-ring (bicyclic) bond motifs is 2. The summed E-state index contributed by atoms with van der Waals surface area (Å²) in [4.78, 5) is 43.8. The molecule has 3 aromatic rings. The Morgan fingerprint density at radius 1 is 0.872 bits per heavy atom. The number of carboxylic acids is 2. The lowest BCUT2D eigenvalue weighted by Crippen LogP contribution is -2.91. The van der Waals surface area contributed by atoms with Gasteiger partial charge in [0, 0.05) is 5.56 Å². The first-order chi connectivity index (χ1) is 18.8. The molecular formula is C29H27NO9. The van der Waals surface area contributed by atoms with E-state index in [-0.39, 0.29) is 5.75 Å². The molecule has 0 saturated carbocycles. The molecule has 0 radical (unpaired) electrons. The van der Waals surface area contributed by atoms with Crippen molar-refractivity contribution < 1.29 is 48.9 Å². The van der Waals surface area contributed by atoms with Gasteiger partial charge in [0.05, 0.1) is 24.3 Å². The van der Waals surface area contributed by atoms with E-state index in [0.29, 0.717) is 29.9 Å². The standard InChI is InChI=1S/C27H25NO5.C2H2O4/c29-25(19-8-3-1-4-9-19)32-23-14-13-22-21(12-7-15-27(22)18-28-16-17-31-27)24(23)33-26(30)20-10-5-2-6-11-20;3-1(4)2(5)6/h1-6,8-11,13-14,28H,7,12,15-18H2;(H,3,4)(H,5,6). The highest BCUT2D eigenvalue weighted by Gasteiger charge is 2.43. The number of carbonyl (C=O) groups is 4. The zero-order valence-electron chi connectivity index (χ0n) is 21.0. The van der Waals surface area contributed by atoms with Crippen LogP contribution >= 0.6 is 0 Å². The summed E-state index contributed by atoms with van der Waals surface area (Å²) >= 11 is 0. The van der Waals surface area contributed by atoms with Crippen molar-refractivity contribution in [2.24, 2.45) is 0 Å². The monoisotopic (exact) mass is 533 g/mol. The van der Waals surface area contributed by atoms with Crippen LogP contribution in [0.3, 0.4) is 0 Å². The second-order valence-electron chi connectivity index (χ2n) is 9.00. The number of aliphatic carboxylic acids is 2. The van der Waals surface area contributed by atoms with Gasteiger partial charge in [-0.3, -0.25) is 0 Å². The van der Waals surface area contributed by atoms with Gasteiger partial charge in [-0.1, -0.05) is 42.5 Å². The summed E-state index contributed by atoms with van der Waals surface area (Å²) in [6.07, 6.45) is 2.52. The van der Waals surface area contributed by atoms with Crippen molar-refractivity contribution in [3.8, 4) is 11.5 Å². The maximum absolute atomic E-state index is 13.0. The van der Waals surface area contributed by atoms with Crippen LogP contribution < -0.4 is 19.9 Å². The lowest BCUT2D eigenvalue weighted by molar-refractivity contribution is -0.688. The number of hydrogen-bond donors (Lipinski definition) is 2. The highest BCUT2D eigenvalue weighted by atomic mass is 16.6. The van der Waals surface area contributed by atoms with Gasteiger partial charge >= 0.3 is 17.9 Å². The molecule has 3 N–H and O–H groups in total. The van der Waals surface area contributed by atoms with Crippen LogP contribution in [-0.2, 0) is 26.3 Å². The summed E-state index contributed by atoms with van der Waals surface area (Å²) in [5, 5.41) is 18.6. The number of carboxylic acid groups (broad SMARTS) is 2. The van der Waals surface area contributed by atoms with E-state index in [1.54, 1.807) is 54.6 Å². The molecule has 1 fully saturated rings. The number of rotatable bonds is 4. The van der Waals surface area contributed by atoms with E-state index in [1.807, 2.05) is 18.2 Å². The van der Waals surface area contributed by atoms with E-state index >= 15 is 0 Å². The SMILES string of the molecule is O=C(Oc1ccc2c(c1OC(=O)c1ccccc1)CCCC21C[NH2+]CCO1)c1ccccc1.O=C([O-])C(=O)O. The minimum atomic E-state index is -2.07. The largest absolute Gasteiger partial charge is 0.539 e. The number of hydrogen-bond acceptors (Lipinski definition) is 8. The molecular weight excluding hydrogens is 506 g/mol. The average Bonchev–Trinajstić information content (AvgIpc) is 2.96. The van der Waals surface area contributed by atoms with Crippen molar-refractivity contribution in [3.05, 3.63) is 95.1 Å². The number of quaternary nitrogens is 1. The number of carbonyl (C=O) groups excluding carboxylic acids is 3. The zero-order chi connectivity index (χ0) is 27.8. The molecule has 5 rings (SSSR count). The second-order valence-corrected chi connectivity index (χ2v) is 9.00. The average molecular weight is 534 g/mol. The molecule has 0 bridgehead atoms. The third-order valence-corrected chi connectivity index (χ3v) is 6.49. The first-order valence-electron chi connectivity index (χ1n) is 12.4. The Balaban J connectivity index is 0.000000531. The molecule has 1 aliphatic heterocycles. The molecule has 10 heteroatoms. The topological polar surface area (TPSA) is 156 Å². The van der Waals surface area contributed by atoms with Crippen LogP contribution in [0.15, 0.2) is 72.8 Å². The molecule has 1 heterocycles. The molecule has 202 valence electrons. The molecule has 3 aromatic carbocycles. The number of esters is 2. The van der Waals surface area contributed by atoms with Gasteiger partial charge in [-0.2, -0.15) is 0 Å². The van der Waals surface area contributed by atoms with Crippen LogP contribution in [0.25, 0.3) is 0 Å². The van der Waals surface area contributed by atoms with Crippen LogP contribution in [0, 0.1) is 0 Å². The lowest BCUT2D eigenvalue weighted by atomic mass is 9.77. The normalized spacial score (nSPS) is 17.6. The van der Waals surface area contributed by atoms with Gasteiger partial charge in [-0.05, 0) is 55.2 Å². The molecule has 39 heavy (non-hydrogen) atoms. The highest BCUT2D eigenvalue weighted by molar-refractivity contribution is 6.26. The van der Waals surface area contributed by atoms with E-state index in [1.165, 1.54) is 0 Å². The van der Waals surface area contributed by atoms with Gasteiger partial charge in [-0.15, -0.1) is 0 Å². The molecule has 0 amide bonds. The van der Waals surface area contributed by atoms with Crippen molar-refractivity contribution in [2.75, 3.05) is 19.7 Å². The fourth-order valence-corrected chi connectivity index (χ4v) is 4.71. The van der Waals surface area contributed by atoms with Crippen molar-refractivity contribution in [1.29, 1.82) is 0 Å². The molecule has 10 nitrogen and oxygen atoms in total. The van der Waals surface area contributed by atoms with E-state index in [4.69, 9.17) is 34.0 Å². The Morgan fingerprint density at radius 2 is 1.46 bits per heavy atom. The quantitative estimate of drug-likeness (QED) is 0.285. The molecule has 1 saturated heterocycles. The van der Waals surface area contributed by atoms with Gasteiger partial charge in [0.1, 0.15) is 12.1 Å². The van der Waals surface area contributed by atoms with Gasteiger partial charge in [0.15, 0.2) is 17.5 Å². The van der Waals surface area contributed by atoms with E-state index in [9.17, 15) is 9.59 Å². The Morgan fingerprint density at radius 3 is 2.00 bits per heavy atom. The van der Waals surface area contributed by atoms with Crippen LogP contribution in [0.2, 0.25) is 0 Å². The Labute approximate surface area is 224 Å². The number of benzene rings is 3. The number of nitrogens with two attached hydrogens (primary N) is 1. The smallest absolute Gasteiger partial charge is 0.351 e. The summed E-state index contributed by atoms with van der Waals surface area (Å²) in [5.41, 5.74) is 2.33. The fourth-order valence-electron chi connectivity index (χ4n) is 4.71. The molecule has 1 atom stereocenters. The van der Waals surface area contributed by atoms with Crippen molar-refractivity contribution in [2.45, 2.75) is 24.9 Å². The third-order valence-electron chi connectivity index (χ3n) is 6.49. The highest BCUT2D eigenvalue weighted by Crippen LogP contribution is 2.45. The van der Waals surface area contributed by atoms with Gasteiger partial charge < -0.3 is 34.5 Å². The van der Waals surface area contributed by atoms with Crippen LogP contribution in [-0.4, -0.2) is 48.7 Å². The number of morpholine rings is 1. The summed E-state index contributed by atoms with van der Waals surface area (Å²) < 4.78 is 18.0. The molecule has 1 aliphatic carbocycles. The summed E-state index contributed by atoms with van der Waals surface area (Å²) in [6.45, 7) is 2.41. The summed E-state index contributed by atoms with van der Waals surface area (Å²) in [6, 6.07) is 21.3. The molecule has 1 unspecified atom stereocenters. The lowest BCUT2D eigenvalue weighted by Gasteiger charge is -2.40. The van der Waals surface area contributed by atoms with E-state index in [0.717, 1.165) is 37.1 Å². The zero-order valence-corrected chi connectivity index (χ0v) is 21.0. The maximum Gasteiger partial charge on any atom is 0.351 e. The Bertz CT molecular complexity index is 1340. The van der Waals surface area contributed by atoms with Crippen LogP contribution in [0.5, 0.6) is 11.5 Å². The first-order valence-corrected chi connectivity index (χ1v) is 12.4. The summed E-state index contributed by atoms with van der Waals surface area (Å²) in [5.74, 6) is -4.45. The molecule has 0 aromatic heterocycles. The van der Waals surface area contributed by atoms with Gasteiger partial charge in [0.2, 0.25) is 0 Å². The van der Waals surface area contributed by atoms with E-state index < -0.39 is 29.5 Å². The predicted octanol–water partition coefficient (Wildman–Crippen LogP) is 1.07. The summed E-state index contributed by atoms with van der Waals surface area (Å²) in [7, 11) is 0. The van der Waals surface area contributed by atoms with Crippen molar-refractivity contribution in [1.82, 2.24) is 0 Å². The van der Waals surface area contributed by atoms with Crippen molar-refractivity contribution >= 4 is 23.9 Å². The Hall–Kier alpha value is -4.54. The minimum absolute atomic E-state index is 0.240. The Kier molecular flexibility index (Phi) is 8.70. The van der Waals surface area contributed by atoms with Gasteiger partial charge in [0.25, 0.3) is 0 Å². The first kappa shape index (κ1) is 27.5. The number of ether oxygens (including phenoxy) is 3. The van der Waals surface area contributed by atoms with Crippen LogP contribution in [0.1, 0.15) is 44.7 Å². The predicted molar refractivity (Wildman–Crippen MR) is 134 cm³/mol. The molecule has 1 spiro atoms. The van der Waals surface area contributed by atoms with Gasteiger partial charge in [-0.25, -0.2) is 14.4 Å². The molecule has 2 aliphatic rings. The minimum Gasteiger partial charge on any atom is -0.539 e. The van der Waals surface area contributed by atoms with Crippen molar-refractivity contribution in [3.63, 3.8) is 0 Å². The maximum atomic E-state index is 13.0. The van der Waals surface area contributed by atoms with E-state index in [2.05, 4.69) is 5.32 Å².